The Balaban J connectivity index is 4.33. The molecule has 0 aliphatic carbocycles. The summed E-state index contributed by atoms with van der Waals surface area (Å²) in [6.45, 7) is 1.70. The fourth-order valence-electron chi connectivity index (χ4n) is 1.21. The van der Waals surface area contributed by atoms with Gasteiger partial charge in [0.2, 0.25) is 0 Å². The highest BCUT2D eigenvalue weighted by Crippen LogP contribution is 1.97. The minimum Gasteiger partial charge on any atom is -0.480 e. The molecule has 0 rings (SSSR count). The molecule has 0 aromatic carbocycles. The standard InChI is InChI=1S/C10H20N2O5/c1-2-3-4-12(5-6-13)10(17)11-8(7-14)9(15)16/h8,13-14H,2-7H2,1H3,(H,11,17)(H,15,16). The molecule has 0 saturated carbocycles. The molecule has 100 valence electrons. The number of hydrogen-bond donors (Lipinski definition) is 4. The number of nitrogens with zero attached hydrogens (tertiary/aromatic N) is 1. The fraction of sp³-hybridized carbons (Fsp3) is 0.800. The first kappa shape index (κ1) is 15.7. The van der Waals surface area contributed by atoms with Crippen molar-refractivity contribution in [3.05, 3.63) is 0 Å². The second-order valence-corrected chi connectivity index (χ2v) is 3.59. The number of aliphatic carboxylic acids is 1. The van der Waals surface area contributed by atoms with Crippen molar-refractivity contribution in [3.8, 4) is 0 Å². The predicted molar refractivity (Wildman–Crippen MR) is 60.6 cm³/mol. The number of aliphatic hydroxyl groups excluding tert-OH is 2. The summed E-state index contributed by atoms with van der Waals surface area (Å²) in [6, 6.07) is -1.90. The monoisotopic (exact) mass is 248 g/mol. The van der Waals surface area contributed by atoms with E-state index in [0.717, 1.165) is 12.8 Å². The van der Waals surface area contributed by atoms with E-state index in [1.165, 1.54) is 4.90 Å². The van der Waals surface area contributed by atoms with E-state index in [0.29, 0.717) is 6.54 Å². The molecule has 1 atom stereocenters. The molecular formula is C10H20N2O5. The van der Waals surface area contributed by atoms with E-state index in [2.05, 4.69) is 5.32 Å². The van der Waals surface area contributed by atoms with Crippen LogP contribution < -0.4 is 5.32 Å². The highest BCUT2D eigenvalue weighted by Gasteiger charge is 2.21. The minimum atomic E-state index is -1.31. The van der Waals surface area contributed by atoms with Crippen molar-refractivity contribution in [1.82, 2.24) is 10.2 Å². The third-order valence-electron chi connectivity index (χ3n) is 2.22. The molecule has 1 unspecified atom stereocenters. The zero-order valence-electron chi connectivity index (χ0n) is 9.93. The highest BCUT2D eigenvalue weighted by molar-refractivity contribution is 5.82. The lowest BCUT2D eigenvalue weighted by atomic mass is 10.3. The molecule has 0 aliphatic heterocycles. The van der Waals surface area contributed by atoms with Crippen LogP contribution in [0.15, 0.2) is 0 Å². The smallest absolute Gasteiger partial charge is 0.328 e. The van der Waals surface area contributed by atoms with Crippen LogP contribution in [0.3, 0.4) is 0 Å². The number of carboxylic acids is 1. The van der Waals surface area contributed by atoms with Gasteiger partial charge in [-0.2, -0.15) is 0 Å². The largest absolute Gasteiger partial charge is 0.480 e. The average molecular weight is 248 g/mol. The summed E-state index contributed by atoms with van der Waals surface area (Å²) in [4.78, 5) is 23.6. The maximum atomic E-state index is 11.6. The third kappa shape index (κ3) is 6.08. The van der Waals surface area contributed by atoms with Gasteiger partial charge in [0, 0.05) is 13.1 Å². The van der Waals surface area contributed by atoms with Gasteiger partial charge in [-0.25, -0.2) is 9.59 Å². The summed E-state index contributed by atoms with van der Waals surface area (Å²) in [5.74, 6) is -1.29. The third-order valence-corrected chi connectivity index (χ3v) is 2.22. The van der Waals surface area contributed by atoms with Gasteiger partial charge in [0.25, 0.3) is 0 Å². The number of urea groups is 1. The van der Waals surface area contributed by atoms with Gasteiger partial charge in [-0.3, -0.25) is 0 Å². The molecule has 0 heterocycles. The van der Waals surface area contributed by atoms with Crippen LogP contribution in [-0.2, 0) is 4.79 Å². The SMILES string of the molecule is CCCCN(CCO)C(=O)NC(CO)C(=O)O. The number of carbonyl (C=O) groups excluding carboxylic acids is 1. The number of nitrogens with one attached hydrogen (secondary N) is 1. The molecule has 0 aliphatic rings. The first-order chi connectivity index (χ1) is 8.06. The number of carbonyl (C=O) groups is 2. The average Bonchev–Trinajstić information content (AvgIpc) is 2.30. The van der Waals surface area contributed by atoms with Crippen molar-refractivity contribution < 1.29 is 24.9 Å². The van der Waals surface area contributed by atoms with Gasteiger partial charge in [-0.05, 0) is 6.42 Å². The van der Waals surface area contributed by atoms with Gasteiger partial charge in [-0.1, -0.05) is 13.3 Å². The van der Waals surface area contributed by atoms with Crippen molar-refractivity contribution in [3.63, 3.8) is 0 Å². The quantitative estimate of drug-likeness (QED) is 0.451. The lowest BCUT2D eigenvalue weighted by molar-refractivity contribution is -0.140. The second-order valence-electron chi connectivity index (χ2n) is 3.59. The number of amides is 2. The number of unbranched alkanes of at least 4 members (excludes halogenated alkanes) is 1. The summed E-state index contributed by atoms with van der Waals surface area (Å²) in [6.07, 6.45) is 1.65. The van der Waals surface area contributed by atoms with Crippen LogP contribution in [0, 0.1) is 0 Å². The van der Waals surface area contributed by atoms with Gasteiger partial charge in [0.15, 0.2) is 6.04 Å². The molecule has 7 heteroatoms. The minimum absolute atomic E-state index is 0.142. The van der Waals surface area contributed by atoms with Gasteiger partial charge in [-0.15, -0.1) is 0 Å². The Morgan fingerprint density at radius 3 is 2.35 bits per heavy atom. The number of carboxylic acid groups (broad SMARTS) is 1. The van der Waals surface area contributed by atoms with Crippen LogP contribution >= 0.6 is 0 Å². The van der Waals surface area contributed by atoms with Crippen molar-refractivity contribution in [2.24, 2.45) is 0 Å². The van der Waals surface area contributed by atoms with Crippen LogP contribution in [0.25, 0.3) is 0 Å². The Labute approximate surface area is 100 Å². The highest BCUT2D eigenvalue weighted by atomic mass is 16.4. The van der Waals surface area contributed by atoms with Crippen molar-refractivity contribution in [2.45, 2.75) is 25.8 Å². The zero-order chi connectivity index (χ0) is 13.3. The first-order valence-corrected chi connectivity index (χ1v) is 5.56. The molecule has 0 fully saturated rings. The molecule has 0 radical (unpaired) electrons. The summed E-state index contributed by atoms with van der Waals surface area (Å²) >= 11 is 0. The van der Waals surface area contributed by atoms with Crippen LogP contribution in [-0.4, -0.2) is 64.6 Å². The molecule has 2 amide bonds. The van der Waals surface area contributed by atoms with Crippen molar-refractivity contribution >= 4 is 12.0 Å². The van der Waals surface area contributed by atoms with Crippen molar-refractivity contribution in [2.75, 3.05) is 26.3 Å². The summed E-state index contributed by atoms with van der Waals surface area (Å²) in [7, 11) is 0. The normalized spacial score (nSPS) is 11.9. The lowest BCUT2D eigenvalue weighted by Gasteiger charge is -2.23. The summed E-state index contributed by atoms with van der Waals surface area (Å²) in [5, 5.41) is 28.4. The molecule has 0 saturated heterocycles. The van der Waals surface area contributed by atoms with Gasteiger partial charge in [0.05, 0.1) is 13.2 Å². The van der Waals surface area contributed by atoms with E-state index in [-0.39, 0.29) is 13.2 Å². The topological polar surface area (TPSA) is 110 Å². The first-order valence-electron chi connectivity index (χ1n) is 5.56. The summed E-state index contributed by atoms with van der Waals surface area (Å²) < 4.78 is 0. The second kappa shape index (κ2) is 8.77. The lowest BCUT2D eigenvalue weighted by Crippen LogP contribution is -2.50. The Morgan fingerprint density at radius 2 is 1.94 bits per heavy atom. The van der Waals surface area contributed by atoms with E-state index >= 15 is 0 Å². The van der Waals surface area contributed by atoms with Crippen LogP contribution in [0.4, 0.5) is 4.79 Å². The van der Waals surface area contributed by atoms with Crippen LogP contribution in [0.2, 0.25) is 0 Å². The molecule has 0 bridgehead atoms. The molecule has 7 nitrogen and oxygen atoms in total. The van der Waals surface area contributed by atoms with E-state index < -0.39 is 24.6 Å². The van der Waals surface area contributed by atoms with Gasteiger partial charge in [0.1, 0.15) is 0 Å². The van der Waals surface area contributed by atoms with Crippen molar-refractivity contribution in [1.29, 1.82) is 0 Å². The van der Waals surface area contributed by atoms with Crippen LogP contribution in [0.5, 0.6) is 0 Å². The maximum Gasteiger partial charge on any atom is 0.328 e. The van der Waals surface area contributed by atoms with E-state index in [1.54, 1.807) is 0 Å². The maximum absolute atomic E-state index is 11.6. The van der Waals surface area contributed by atoms with Crippen LogP contribution in [0.1, 0.15) is 19.8 Å². The zero-order valence-corrected chi connectivity index (χ0v) is 9.93. The molecule has 0 aromatic heterocycles. The predicted octanol–water partition coefficient (Wildman–Crippen LogP) is -0.764. The fourth-order valence-corrected chi connectivity index (χ4v) is 1.21. The molecule has 0 aromatic rings. The molecule has 0 spiro atoms. The van der Waals surface area contributed by atoms with Gasteiger partial charge >= 0.3 is 12.0 Å². The Hall–Kier alpha value is -1.34. The molecular weight excluding hydrogens is 228 g/mol. The number of aliphatic hydroxyl groups is 2. The molecule has 17 heavy (non-hydrogen) atoms. The Morgan fingerprint density at radius 1 is 1.29 bits per heavy atom. The van der Waals surface area contributed by atoms with E-state index in [4.69, 9.17) is 15.3 Å². The molecule has 4 N–H and O–H groups in total. The van der Waals surface area contributed by atoms with E-state index in [9.17, 15) is 9.59 Å². The van der Waals surface area contributed by atoms with Gasteiger partial charge < -0.3 is 25.5 Å². The Kier molecular flexibility index (Phi) is 8.08. The van der Waals surface area contributed by atoms with E-state index in [1.807, 2.05) is 6.92 Å². The number of hydrogen-bond acceptors (Lipinski definition) is 4. The number of rotatable bonds is 8. The Bertz CT molecular complexity index is 247. The summed E-state index contributed by atoms with van der Waals surface area (Å²) in [5.41, 5.74) is 0.